The number of fused-ring (bicyclic) bond motifs is 5. The van der Waals surface area contributed by atoms with Gasteiger partial charge in [-0.05, 0) is 97.7 Å². The van der Waals surface area contributed by atoms with Crippen LogP contribution in [0.5, 0.6) is 0 Å². The summed E-state index contributed by atoms with van der Waals surface area (Å²) >= 11 is 0. The molecular formula is C42H74O2. The predicted octanol–water partition coefficient (Wildman–Crippen LogP) is 13.0. The van der Waals surface area contributed by atoms with Crippen molar-refractivity contribution in [2.45, 2.75) is 202 Å². The molecule has 0 aromatic rings. The molecule has 4 aliphatic carbocycles. The summed E-state index contributed by atoms with van der Waals surface area (Å²) in [6.45, 7) is 14.9. The second-order valence-electron chi connectivity index (χ2n) is 17.3. The molecular weight excluding hydrogens is 536 g/mol. The summed E-state index contributed by atoms with van der Waals surface area (Å²) in [5, 5.41) is 0. The van der Waals surface area contributed by atoms with Gasteiger partial charge in [0.1, 0.15) is 6.10 Å². The average molecular weight is 611 g/mol. The fourth-order valence-electron chi connectivity index (χ4n) is 11.1. The summed E-state index contributed by atoms with van der Waals surface area (Å²) in [5.41, 5.74) is 2.54. The maximum Gasteiger partial charge on any atom is 0.306 e. The number of hydrogen-bond donors (Lipinski definition) is 0. The molecule has 0 radical (unpaired) electrons. The van der Waals surface area contributed by atoms with Gasteiger partial charge in [-0.15, -0.1) is 0 Å². The lowest BCUT2D eigenvalue weighted by molar-refractivity contribution is -0.151. The molecule has 44 heavy (non-hydrogen) atoms. The Morgan fingerprint density at radius 2 is 1.45 bits per heavy atom. The van der Waals surface area contributed by atoms with Crippen LogP contribution >= 0.6 is 0 Å². The SMILES string of the molecule is CCCCCCCCCCCCCCC(=O)OC1CC[C@@]2(C)C(=CC[C@H]3[C@@H]4CC[C@H]([C@H](C)CCCC(C)C)[C@@]4(C)CC[C@@H]32)C1. The zero-order chi connectivity index (χ0) is 31.6. The number of ether oxygens (including phenoxy) is 1. The van der Waals surface area contributed by atoms with E-state index in [1.165, 1.54) is 128 Å². The first-order valence-electron chi connectivity index (χ1n) is 20.1. The summed E-state index contributed by atoms with van der Waals surface area (Å²) < 4.78 is 6.11. The van der Waals surface area contributed by atoms with Crippen molar-refractivity contribution in [1.82, 2.24) is 0 Å². The van der Waals surface area contributed by atoms with E-state index in [9.17, 15) is 4.79 Å². The highest BCUT2D eigenvalue weighted by atomic mass is 16.5. The Bertz CT molecular complexity index is 888. The van der Waals surface area contributed by atoms with Crippen LogP contribution in [0, 0.1) is 46.3 Å². The molecule has 4 aliphatic rings. The van der Waals surface area contributed by atoms with Crippen LogP contribution in [0.2, 0.25) is 0 Å². The van der Waals surface area contributed by atoms with E-state index in [1.54, 1.807) is 5.57 Å². The zero-order valence-corrected chi connectivity index (χ0v) is 30.4. The van der Waals surface area contributed by atoms with Crippen molar-refractivity contribution in [2.24, 2.45) is 46.3 Å². The standard InChI is InChI=1S/C42H74O2/c1-7-8-9-10-11-12-13-14-15-16-17-18-22-40(43)44-35-27-29-41(5)34(31-35)23-24-36-38-26-25-37(33(4)21-19-20-32(2)3)42(38,6)30-28-39(36)41/h23,32-33,35-39H,7-22,24-31H2,1-6H3/t33-,35?,36+,37-,38+,39+,41+,42-/m1/s1. The number of unbranched alkanes of at least 4 members (excludes halogenated alkanes) is 11. The van der Waals surface area contributed by atoms with Crippen LogP contribution in [-0.4, -0.2) is 12.1 Å². The number of carbonyl (C=O) groups is 1. The molecule has 0 bridgehead atoms. The largest absolute Gasteiger partial charge is 0.462 e. The van der Waals surface area contributed by atoms with Crippen molar-refractivity contribution in [3.63, 3.8) is 0 Å². The number of allylic oxidation sites excluding steroid dienone is 1. The first-order chi connectivity index (χ1) is 21.2. The van der Waals surface area contributed by atoms with Crippen molar-refractivity contribution in [3.05, 3.63) is 11.6 Å². The Balaban J connectivity index is 1.17. The lowest BCUT2D eigenvalue weighted by Gasteiger charge is -2.58. The third-order valence-electron chi connectivity index (χ3n) is 13.8. The summed E-state index contributed by atoms with van der Waals surface area (Å²) in [6.07, 6.45) is 34.0. The van der Waals surface area contributed by atoms with Crippen molar-refractivity contribution < 1.29 is 9.53 Å². The van der Waals surface area contributed by atoms with Crippen LogP contribution in [-0.2, 0) is 9.53 Å². The lowest BCUT2D eigenvalue weighted by atomic mass is 9.47. The molecule has 254 valence electrons. The first kappa shape index (κ1) is 36.1. The fourth-order valence-corrected chi connectivity index (χ4v) is 11.1. The van der Waals surface area contributed by atoms with Crippen LogP contribution in [0.1, 0.15) is 196 Å². The first-order valence-corrected chi connectivity index (χ1v) is 20.1. The summed E-state index contributed by atoms with van der Waals surface area (Å²) in [4.78, 5) is 12.8. The van der Waals surface area contributed by atoms with Gasteiger partial charge in [0.2, 0.25) is 0 Å². The van der Waals surface area contributed by atoms with Gasteiger partial charge < -0.3 is 4.74 Å². The van der Waals surface area contributed by atoms with Crippen molar-refractivity contribution in [1.29, 1.82) is 0 Å². The second kappa shape index (κ2) is 17.4. The highest BCUT2D eigenvalue weighted by Crippen LogP contribution is 2.67. The normalized spacial score (nSPS) is 33.8. The van der Waals surface area contributed by atoms with Gasteiger partial charge in [0, 0.05) is 12.8 Å². The average Bonchev–Trinajstić information content (AvgIpc) is 3.35. The van der Waals surface area contributed by atoms with Gasteiger partial charge in [0.15, 0.2) is 0 Å². The molecule has 3 fully saturated rings. The molecule has 0 spiro atoms. The fraction of sp³-hybridized carbons (Fsp3) is 0.929. The lowest BCUT2D eigenvalue weighted by Crippen LogP contribution is -2.51. The van der Waals surface area contributed by atoms with Crippen LogP contribution in [0.4, 0.5) is 0 Å². The van der Waals surface area contributed by atoms with Crippen LogP contribution < -0.4 is 0 Å². The number of hydrogen-bond acceptors (Lipinski definition) is 2. The third kappa shape index (κ3) is 9.18. The monoisotopic (exact) mass is 611 g/mol. The highest BCUT2D eigenvalue weighted by molar-refractivity contribution is 5.69. The van der Waals surface area contributed by atoms with E-state index in [1.807, 2.05) is 0 Å². The Morgan fingerprint density at radius 3 is 2.11 bits per heavy atom. The zero-order valence-electron chi connectivity index (χ0n) is 30.4. The maximum atomic E-state index is 12.8. The maximum absolute atomic E-state index is 12.8. The molecule has 2 nitrogen and oxygen atoms in total. The third-order valence-corrected chi connectivity index (χ3v) is 13.8. The van der Waals surface area contributed by atoms with E-state index in [2.05, 4.69) is 47.6 Å². The second-order valence-corrected chi connectivity index (χ2v) is 17.3. The van der Waals surface area contributed by atoms with Gasteiger partial charge in [0.25, 0.3) is 0 Å². The quantitative estimate of drug-likeness (QED) is 0.0826. The van der Waals surface area contributed by atoms with E-state index in [-0.39, 0.29) is 12.1 Å². The van der Waals surface area contributed by atoms with Gasteiger partial charge in [-0.1, -0.05) is 143 Å². The minimum absolute atomic E-state index is 0.0629. The van der Waals surface area contributed by atoms with Crippen LogP contribution in [0.15, 0.2) is 11.6 Å². The van der Waals surface area contributed by atoms with Crippen LogP contribution in [0.25, 0.3) is 0 Å². The number of rotatable bonds is 19. The summed E-state index contributed by atoms with van der Waals surface area (Å²) in [5.74, 6) is 5.34. The Kier molecular flexibility index (Phi) is 14.2. The molecule has 0 amide bonds. The summed E-state index contributed by atoms with van der Waals surface area (Å²) in [7, 11) is 0. The van der Waals surface area contributed by atoms with E-state index in [0.29, 0.717) is 17.3 Å². The molecule has 0 saturated heterocycles. The Hall–Kier alpha value is -0.790. The smallest absolute Gasteiger partial charge is 0.306 e. The van der Waals surface area contributed by atoms with E-state index < -0.39 is 0 Å². The van der Waals surface area contributed by atoms with Crippen molar-refractivity contribution in [3.8, 4) is 0 Å². The summed E-state index contributed by atoms with van der Waals surface area (Å²) in [6, 6.07) is 0. The van der Waals surface area contributed by atoms with Gasteiger partial charge in [-0.25, -0.2) is 0 Å². The molecule has 0 heterocycles. The van der Waals surface area contributed by atoms with Crippen molar-refractivity contribution >= 4 is 5.97 Å². The number of esters is 1. The Morgan fingerprint density at radius 1 is 0.795 bits per heavy atom. The molecule has 0 aromatic carbocycles. The molecule has 0 N–H and O–H groups in total. The molecule has 4 rings (SSSR count). The van der Waals surface area contributed by atoms with Gasteiger partial charge in [-0.3, -0.25) is 4.79 Å². The minimum atomic E-state index is 0.0629. The van der Waals surface area contributed by atoms with Gasteiger partial charge >= 0.3 is 5.97 Å². The molecule has 3 saturated carbocycles. The Labute approximate surface area is 274 Å². The highest BCUT2D eigenvalue weighted by Gasteiger charge is 2.59. The molecule has 8 atom stereocenters. The number of carbonyl (C=O) groups excluding carboxylic acids is 1. The van der Waals surface area contributed by atoms with Crippen LogP contribution in [0.3, 0.4) is 0 Å². The molecule has 1 unspecified atom stereocenters. The van der Waals surface area contributed by atoms with Gasteiger partial charge in [0.05, 0.1) is 0 Å². The minimum Gasteiger partial charge on any atom is -0.462 e. The molecule has 0 aromatic heterocycles. The van der Waals surface area contributed by atoms with Gasteiger partial charge in [-0.2, -0.15) is 0 Å². The van der Waals surface area contributed by atoms with E-state index >= 15 is 0 Å². The topological polar surface area (TPSA) is 26.3 Å². The van der Waals surface area contributed by atoms with E-state index in [0.717, 1.165) is 54.8 Å². The van der Waals surface area contributed by atoms with Crippen molar-refractivity contribution in [2.75, 3.05) is 0 Å². The van der Waals surface area contributed by atoms with E-state index in [4.69, 9.17) is 4.74 Å². The molecule has 0 aliphatic heterocycles. The predicted molar refractivity (Wildman–Crippen MR) is 189 cm³/mol. The molecule has 2 heteroatoms.